The molecular formula is C19H33IN6OS. The van der Waals surface area contributed by atoms with Gasteiger partial charge < -0.3 is 15.1 Å². The third-order valence-electron chi connectivity index (χ3n) is 5.49. The zero-order chi connectivity index (χ0) is 19.2. The second-order valence-electron chi connectivity index (χ2n) is 7.48. The lowest BCUT2D eigenvalue weighted by Crippen LogP contribution is -2.52. The predicted octanol–water partition coefficient (Wildman–Crippen LogP) is 2.02. The van der Waals surface area contributed by atoms with Gasteiger partial charge in [0.05, 0.1) is 17.2 Å². The van der Waals surface area contributed by atoms with Gasteiger partial charge in [-0.25, -0.2) is 4.98 Å². The zero-order valence-electron chi connectivity index (χ0n) is 17.2. The number of carbonyl (C=O) groups excluding carboxylic acids is 1. The first-order valence-electron chi connectivity index (χ1n) is 9.90. The molecule has 1 aromatic rings. The Kier molecular flexibility index (Phi) is 9.42. The molecule has 1 aliphatic carbocycles. The van der Waals surface area contributed by atoms with Crippen LogP contribution in [0.1, 0.15) is 30.0 Å². The number of piperazine rings is 1. The van der Waals surface area contributed by atoms with Gasteiger partial charge in [-0.05, 0) is 19.8 Å². The molecule has 1 N–H and O–H groups in total. The Morgan fingerprint density at radius 3 is 2.61 bits per heavy atom. The highest BCUT2D eigenvalue weighted by Gasteiger charge is 2.31. The first-order chi connectivity index (χ1) is 13.1. The maximum atomic E-state index is 12.3. The fraction of sp³-hybridized carbons (Fsp3) is 0.737. The van der Waals surface area contributed by atoms with E-state index < -0.39 is 0 Å². The van der Waals surface area contributed by atoms with Gasteiger partial charge in [-0.2, -0.15) is 0 Å². The summed E-state index contributed by atoms with van der Waals surface area (Å²) < 4.78 is 0. The molecule has 0 spiro atoms. The average molecular weight is 520 g/mol. The quantitative estimate of drug-likeness (QED) is 0.354. The number of thiazole rings is 1. The molecule has 158 valence electrons. The van der Waals surface area contributed by atoms with E-state index in [0.717, 1.165) is 75.3 Å². The summed E-state index contributed by atoms with van der Waals surface area (Å²) in [6, 6.07) is 0. The van der Waals surface area contributed by atoms with Gasteiger partial charge in [0.15, 0.2) is 5.96 Å². The second kappa shape index (κ2) is 11.3. The molecular weight excluding hydrogens is 487 g/mol. The maximum Gasteiger partial charge on any atom is 0.225 e. The van der Waals surface area contributed by atoms with Crippen LogP contribution in [-0.4, -0.2) is 84.9 Å². The van der Waals surface area contributed by atoms with Crippen molar-refractivity contribution in [3.05, 3.63) is 16.1 Å². The summed E-state index contributed by atoms with van der Waals surface area (Å²) in [5.74, 6) is 1.59. The molecule has 0 aromatic carbocycles. The summed E-state index contributed by atoms with van der Waals surface area (Å²) >= 11 is 1.68. The second-order valence-corrected chi connectivity index (χ2v) is 8.54. The summed E-state index contributed by atoms with van der Waals surface area (Å²) in [4.78, 5) is 27.8. The number of nitrogens with zero attached hydrogens (tertiary/aromatic N) is 5. The topological polar surface area (TPSA) is 64.1 Å². The largest absolute Gasteiger partial charge is 0.355 e. The Morgan fingerprint density at radius 2 is 2.07 bits per heavy atom. The van der Waals surface area contributed by atoms with E-state index in [1.165, 1.54) is 6.42 Å². The van der Waals surface area contributed by atoms with Crippen LogP contribution < -0.4 is 5.32 Å². The van der Waals surface area contributed by atoms with Crippen molar-refractivity contribution in [3.63, 3.8) is 0 Å². The van der Waals surface area contributed by atoms with E-state index in [-0.39, 0.29) is 24.0 Å². The summed E-state index contributed by atoms with van der Waals surface area (Å²) in [6.45, 7) is 8.27. The van der Waals surface area contributed by atoms with Gasteiger partial charge >= 0.3 is 0 Å². The lowest BCUT2D eigenvalue weighted by Gasteiger charge is -2.38. The number of hydrogen-bond acceptors (Lipinski definition) is 5. The highest BCUT2D eigenvalue weighted by atomic mass is 127. The van der Waals surface area contributed by atoms with Gasteiger partial charge in [0.2, 0.25) is 5.91 Å². The molecule has 2 fully saturated rings. The van der Waals surface area contributed by atoms with E-state index >= 15 is 0 Å². The molecule has 2 heterocycles. The number of nitrogens with one attached hydrogen (secondary N) is 1. The first kappa shape index (κ1) is 23.3. The number of amides is 1. The van der Waals surface area contributed by atoms with E-state index in [1.54, 1.807) is 11.3 Å². The molecule has 0 bridgehead atoms. The van der Waals surface area contributed by atoms with Gasteiger partial charge in [-0.3, -0.25) is 14.7 Å². The smallest absolute Gasteiger partial charge is 0.225 e. The minimum Gasteiger partial charge on any atom is -0.355 e. The Hall–Kier alpha value is -0.940. The summed E-state index contributed by atoms with van der Waals surface area (Å²) in [6.07, 6.45) is 3.41. The maximum absolute atomic E-state index is 12.3. The number of carbonyl (C=O) groups is 1. The zero-order valence-corrected chi connectivity index (χ0v) is 20.3. The lowest BCUT2D eigenvalue weighted by atomic mass is 9.84. The standard InChI is InChI=1S/C19H32N6OS.HI/c1-15-22-17(14-27-15)13-23(3)19(20-2)21-7-8-24-9-11-25(12-10-24)18(26)16-5-4-6-16;/h14,16H,4-13H2,1-3H3,(H,20,21);1H. The molecule has 1 saturated heterocycles. The van der Waals surface area contributed by atoms with Gasteiger partial charge in [0, 0.05) is 64.7 Å². The summed E-state index contributed by atoms with van der Waals surface area (Å²) in [7, 11) is 3.85. The number of rotatable bonds is 6. The number of aryl methyl sites for hydroxylation is 1. The fourth-order valence-corrected chi connectivity index (χ4v) is 4.22. The van der Waals surface area contributed by atoms with E-state index in [4.69, 9.17) is 0 Å². The molecule has 0 atom stereocenters. The Balaban J connectivity index is 0.00000280. The fourth-order valence-electron chi connectivity index (χ4n) is 3.61. The van der Waals surface area contributed by atoms with Crippen molar-refractivity contribution >= 4 is 47.2 Å². The molecule has 9 heteroatoms. The van der Waals surface area contributed by atoms with Crippen LogP contribution in [0.5, 0.6) is 0 Å². The Morgan fingerprint density at radius 1 is 1.36 bits per heavy atom. The molecule has 28 heavy (non-hydrogen) atoms. The number of halogens is 1. The van der Waals surface area contributed by atoms with Crippen LogP contribution in [0.25, 0.3) is 0 Å². The molecule has 1 amide bonds. The predicted molar refractivity (Wildman–Crippen MR) is 125 cm³/mol. The monoisotopic (exact) mass is 520 g/mol. The third-order valence-corrected chi connectivity index (χ3v) is 6.31. The van der Waals surface area contributed by atoms with Crippen molar-refractivity contribution in [3.8, 4) is 0 Å². The Bertz CT molecular complexity index is 655. The Labute approximate surface area is 189 Å². The van der Waals surface area contributed by atoms with Crippen molar-refractivity contribution in [2.45, 2.75) is 32.7 Å². The van der Waals surface area contributed by atoms with Crippen LogP contribution in [0.4, 0.5) is 0 Å². The summed E-state index contributed by atoms with van der Waals surface area (Å²) in [5, 5.41) is 6.64. The van der Waals surface area contributed by atoms with Crippen molar-refractivity contribution in [2.24, 2.45) is 10.9 Å². The average Bonchev–Trinajstić information content (AvgIpc) is 3.02. The molecule has 0 unspecified atom stereocenters. The molecule has 7 nitrogen and oxygen atoms in total. The van der Waals surface area contributed by atoms with Crippen LogP contribution in [0.2, 0.25) is 0 Å². The van der Waals surface area contributed by atoms with Crippen LogP contribution in [0.15, 0.2) is 10.4 Å². The molecule has 1 aromatic heterocycles. The van der Waals surface area contributed by atoms with Crippen molar-refractivity contribution in [1.29, 1.82) is 0 Å². The normalized spacial score (nSPS) is 18.4. The number of guanidine groups is 1. The van der Waals surface area contributed by atoms with Gasteiger partial charge in [-0.15, -0.1) is 35.3 Å². The van der Waals surface area contributed by atoms with Crippen LogP contribution in [-0.2, 0) is 11.3 Å². The molecule has 2 aliphatic rings. The van der Waals surface area contributed by atoms with E-state index in [0.29, 0.717) is 11.8 Å². The van der Waals surface area contributed by atoms with Crippen molar-refractivity contribution in [2.75, 3.05) is 53.4 Å². The van der Waals surface area contributed by atoms with Crippen LogP contribution in [0.3, 0.4) is 0 Å². The number of aromatic nitrogens is 1. The highest BCUT2D eigenvalue weighted by molar-refractivity contribution is 14.0. The van der Waals surface area contributed by atoms with Crippen LogP contribution >= 0.6 is 35.3 Å². The van der Waals surface area contributed by atoms with E-state index in [1.807, 2.05) is 21.0 Å². The molecule has 1 saturated carbocycles. The SMILES string of the molecule is CN=C(NCCN1CCN(C(=O)C2CCC2)CC1)N(C)Cc1csc(C)n1.I. The first-order valence-corrected chi connectivity index (χ1v) is 10.8. The molecule has 1 aliphatic heterocycles. The number of hydrogen-bond donors (Lipinski definition) is 1. The van der Waals surface area contributed by atoms with Gasteiger partial charge in [0.1, 0.15) is 0 Å². The number of aliphatic imine (C=N–C) groups is 1. The van der Waals surface area contributed by atoms with E-state index in [2.05, 4.69) is 35.4 Å². The lowest BCUT2D eigenvalue weighted by molar-refractivity contribution is -0.139. The van der Waals surface area contributed by atoms with Gasteiger partial charge in [-0.1, -0.05) is 6.42 Å². The van der Waals surface area contributed by atoms with Gasteiger partial charge in [0.25, 0.3) is 0 Å². The third kappa shape index (κ3) is 6.28. The van der Waals surface area contributed by atoms with Crippen molar-refractivity contribution in [1.82, 2.24) is 25.0 Å². The van der Waals surface area contributed by atoms with Crippen LogP contribution in [0, 0.1) is 12.8 Å². The minimum absolute atomic E-state index is 0. The summed E-state index contributed by atoms with van der Waals surface area (Å²) in [5.41, 5.74) is 1.08. The molecule has 0 radical (unpaired) electrons. The van der Waals surface area contributed by atoms with E-state index in [9.17, 15) is 4.79 Å². The molecule has 3 rings (SSSR count). The highest BCUT2D eigenvalue weighted by Crippen LogP contribution is 2.28. The minimum atomic E-state index is 0. The van der Waals surface area contributed by atoms with Crippen molar-refractivity contribution < 1.29 is 4.79 Å².